The lowest BCUT2D eigenvalue weighted by molar-refractivity contribution is -0.153. The minimum absolute atomic E-state index is 0.0365. The van der Waals surface area contributed by atoms with Crippen LogP contribution in [0.15, 0.2) is 24.3 Å². The van der Waals surface area contributed by atoms with Gasteiger partial charge in [0.15, 0.2) is 0 Å². The minimum Gasteiger partial charge on any atom is -0.461 e. The van der Waals surface area contributed by atoms with Crippen LogP contribution in [0, 0.1) is 11.8 Å². The van der Waals surface area contributed by atoms with E-state index in [0.29, 0.717) is 25.9 Å². The van der Waals surface area contributed by atoms with Crippen LogP contribution in [0.2, 0.25) is 0 Å². The fourth-order valence-corrected chi connectivity index (χ4v) is 5.77. The predicted octanol–water partition coefficient (Wildman–Crippen LogP) is 1.43. The van der Waals surface area contributed by atoms with E-state index >= 15 is 0 Å². The van der Waals surface area contributed by atoms with Crippen molar-refractivity contribution in [3.05, 3.63) is 24.3 Å². The summed E-state index contributed by atoms with van der Waals surface area (Å²) in [5.41, 5.74) is -1.18. The maximum absolute atomic E-state index is 13.9. The summed E-state index contributed by atoms with van der Waals surface area (Å²) in [6.45, 7) is 5.23. The monoisotopic (exact) mass is 446 g/mol. The number of cyclic esters (lactones) is 1. The van der Waals surface area contributed by atoms with Crippen molar-refractivity contribution in [1.29, 1.82) is 0 Å². The van der Waals surface area contributed by atoms with Gasteiger partial charge < -0.3 is 24.4 Å². The molecule has 0 aliphatic carbocycles. The number of aliphatic hydroxyl groups is 1. The molecule has 6 atom stereocenters. The Balaban J connectivity index is 1.73. The Labute approximate surface area is 189 Å². The van der Waals surface area contributed by atoms with Gasteiger partial charge in [-0.3, -0.25) is 14.4 Å². The van der Waals surface area contributed by atoms with Crippen LogP contribution in [0.25, 0.3) is 0 Å². The fraction of sp³-hybridized carbons (Fsp3) is 0.708. The Hall–Kier alpha value is -2.19. The molecule has 0 aromatic rings. The number of amides is 2. The van der Waals surface area contributed by atoms with E-state index < -0.39 is 35.6 Å². The standard InChI is InChI=1S/C24H34N2O6/c1-3-9-16(2)25-13-8-11-24-19(18-17(32-24)10-7-15-31-23(18)30)21(28)26(20(24)22(25)29)12-5-4-6-14-27/h7-8,10-11,16-20,27H,3-6,9,12-15H2,1-2H3/t16?,17-,18+,19+,20?,24+/m1/s1. The quantitative estimate of drug-likeness (QED) is 0.344. The first-order valence-corrected chi connectivity index (χ1v) is 11.9. The summed E-state index contributed by atoms with van der Waals surface area (Å²) in [5.74, 6) is -2.34. The molecule has 8 heteroatoms. The third kappa shape index (κ3) is 3.67. The molecule has 0 saturated carbocycles. The molecule has 4 heterocycles. The molecule has 32 heavy (non-hydrogen) atoms. The second kappa shape index (κ2) is 9.35. The largest absolute Gasteiger partial charge is 0.461 e. The topological polar surface area (TPSA) is 96.4 Å². The average Bonchev–Trinajstić information content (AvgIpc) is 3.05. The molecule has 2 amide bonds. The summed E-state index contributed by atoms with van der Waals surface area (Å²) >= 11 is 0. The minimum atomic E-state index is -1.18. The molecule has 4 aliphatic rings. The van der Waals surface area contributed by atoms with E-state index in [4.69, 9.17) is 14.6 Å². The molecule has 1 N–H and O–H groups in total. The van der Waals surface area contributed by atoms with E-state index in [1.165, 1.54) is 0 Å². The SMILES string of the molecule is CCCC(C)N1CC=C[C@]23O[C@@H]4C=CCOC(=O)[C@@H]4[C@H]2C(=O)N(CCCCCO)C3C1=O. The third-order valence-electron chi connectivity index (χ3n) is 7.24. The molecule has 176 valence electrons. The zero-order chi connectivity index (χ0) is 22.9. The number of aliphatic hydroxyl groups excluding tert-OH is 1. The highest BCUT2D eigenvalue weighted by Gasteiger charge is 2.71. The van der Waals surface area contributed by atoms with Gasteiger partial charge in [-0.1, -0.05) is 31.6 Å². The number of fused-ring (bicyclic) bond motifs is 2. The molecule has 0 aromatic carbocycles. The van der Waals surface area contributed by atoms with Crippen LogP contribution in [-0.2, 0) is 23.9 Å². The first kappa shape index (κ1) is 23.0. The van der Waals surface area contributed by atoms with Crippen molar-refractivity contribution in [1.82, 2.24) is 9.80 Å². The summed E-state index contributed by atoms with van der Waals surface area (Å²) < 4.78 is 11.8. The van der Waals surface area contributed by atoms with Crippen molar-refractivity contribution >= 4 is 17.8 Å². The Morgan fingerprint density at radius 3 is 2.75 bits per heavy atom. The number of rotatable bonds is 8. The maximum atomic E-state index is 13.9. The maximum Gasteiger partial charge on any atom is 0.313 e. The van der Waals surface area contributed by atoms with Crippen molar-refractivity contribution in [3.63, 3.8) is 0 Å². The number of carbonyl (C=O) groups excluding carboxylic acids is 3. The first-order valence-electron chi connectivity index (χ1n) is 11.9. The number of carbonyl (C=O) groups is 3. The lowest BCUT2D eigenvalue weighted by Crippen LogP contribution is -2.56. The molecule has 2 fully saturated rings. The van der Waals surface area contributed by atoms with Crippen molar-refractivity contribution < 1.29 is 29.0 Å². The summed E-state index contributed by atoms with van der Waals surface area (Å²) in [6.07, 6.45) is 10.6. The number of hydrogen-bond donors (Lipinski definition) is 1. The van der Waals surface area contributed by atoms with Crippen molar-refractivity contribution in [2.24, 2.45) is 11.8 Å². The molecule has 0 bridgehead atoms. The Kier molecular flexibility index (Phi) is 6.72. The van der Waals surface area contributed by atoms with Gasteiger partial charge in [0.25, 0.3) is 0 Å². The van der Waals surface area contributed by atoms with Crippen LogP contribution in [0.5, 0.6) is 0 Å². The second-order valence-corrected chi connectivity index (χ2v) is 9.25. The van der Waals surface area contributed by atoms with E-state index in [1.54, 1.807) is 17.1 Å². The molecular formula is C24H34N2O6. The van der Waals surface area contributed by atoms with E-state index in [1.807, 2.05) is 24.0 Å². The molecule has 1 spiro atoms. The van der Waals surface area contributed by atoms with Gasteiger partial charge in [0.2, 0.25) is 11.8 Å². The Morgan fingerprint density at radius 1 is 1.19 bits per heavy atom. The van der Waals surface area contributed by atoms with E-state index in [0.717, 1.165) is 19.3 Å². The zero-order valence-corrected chi connectivity index (χ0v) is 18.9. The summed E-state index contributed by atoms with van der Waals surface area (Å²) in [5, 5.41) is 9.11. The van der Waals surface area contributed by atoms with Gasteiger partial charge in [-0.2, -0.15) is 0 Å². The van der Waals surface area contributed by atoms with Crippen LogP contribution in [0.3, 0.4) is 0 Å². The molecule has 4 rings (SSSR count). The van der Waals surface area contributed by atoms with Crippen LogP contribution in [0.1, 0.15) is 46.0 Å². The van der Waals surface area contributed by atoms with Crippen molar-refractivity contribution in [3.8, 4) is 0 Å². The van der Waals surface area contributed by atoms with Crippen LogP contribution in [-0.4, -0.2) is 82.8 Å². The number of likely N-dealkylation sites (tertiary alicyclic amines) is 1. The molecule has 2 saturated heterocycles. The molecule has 0 radical (unpaired) electrons. The summed E-state index contributed by atoms with van der Waals surface area (Å²) in [4.78, 5) is 44.0. The molecular weight excluding hydrogens is 412 g/mol. The fourth-order valence-electron chi connectivity index (χ4n) is 5.77. The molecule has 4 aliphatic heterocycles. The zero-order valence-electron chi connectivity index (χ0n) is 18.9. The first-order chi connectivity index (χ1) is 15.5. The van der Waals surface area contributed by atoms with Gasteiger partial charge in [-0.05, 0) is 38.7 Å². The highest BCUT2D eigenvalue weighted by molar-refractivity contribution is 5.99. The highest BCUT2D eigenvalue weighted by Crippen LogP contribution is 2.53. The lowest BCUT2D eigenvalue weighted by Gasteiger charge is -2.37. The highest BCUT2D eigenvalue weighted by atomic mass is 16.6. The molecule has 2 unspecified atom stereocenters. The predicted molar refractivity (Wildman–Crippen MR) is 116 cm³/mol. The van der Waals surface area contributed by atoms with Gasteiger partial charge in [0, 0.05) is 25.7 Å². The third-order valence-corrected chi connectivity index (χ3v) is 7.24. The average molecular weight is 447 g/mol. The summed E-state index contributed by atoms with van der Waals surface area (Å²) in [6, 6.07) is -0.769. The number of ether oxygens (including phenoxy) is 2. The second-order valence-electron chi connectivity index (χ2n) is 9.25. The van der Waals surface area contributed by atoms with Gasteiger partial charge >= 0.3 is 5.97 Å². The molecule has 0 aromatic heterocycles. The van der Waals surface area contributed by atoms with Gasteiger partial charge in [0.05, 0.1) is 12.0 Å². The van der Waals surface area contributed by atoms with Crippen LogP contribution >= 0.6 is 0 Å². The number of unbranched alkanes of at least 4 members (excludes halogenated alkanes) is 2. The van der Waals surface area contributed by atoms with Crippen molar-refractivity contribution in [2.45, 2.75) is 69.7 Å². The molecule has 8 nitrogen and oxygen atoms in total. The van der Waals surface area contributed by atoms with Crippen LogP contribution < -0.4 is 0 Å². The van der Waals surface area contributed by atoms with E-state index in [-0.39, 0.29) is 31.1 Å². The Morgan fingerprint density at radius 2 is 2.00 bits per heavy atom. The van der Waals surface area contributed by atoms with Gasteiger partial charge in [-0.25, -0.2) is 0 Å². The Bertz CT molecular complexity index is 810. The lowest BCUT2D eigenvalue weighted by atomic mass is 9.78. The van der Waals surface area contributed by atoms with Crippen LogP contribution in [0.4, 0.5) is 0 Å². The van der Waals surface area contributed by atoms with E-state index in [2.05, 4.69) is 6.92 Å². The number of hydrogen-bond acceptors (Lipinski definition) is 6. The van der Waals surface area contributed by atoms with E-state index in [9.17, 15) is 14.4 Å². The van der Waals surface area contributed by atoms with Crippen molar-refractivity contribution in [2.75, 3.05) is 26.3 Å². The number of esters is 1. The normalized spacial score (nSPS) is 34.7. The van der Waals surface area contributed by atoms with Gasteiger partial charge in [-0.15, -0.1) is 0 Å². The summed E-state index contributed by atoms with van der Waals surface area (Å²) in [7, 11) is 0. The smallest absolute Gasteiger partial charge is 0.313 e. The van der Waals surface area contributed by atoms with Gasteiger partial charge in [0.1, 0.15) is 24.2 Å². The number of nitrogens with zero attached hydrogens (tertiary/aromatic N) is 2.